The van der Waals surface area contributed by atoms with Crippen LogP contribution in [0.5, 0.6) is 0 Å². The maximum Gasteiger partial charge on any atom is 0.408 e. The third-order valence-corrected chi connectivity index (χ3v) is 6.48. The van der Waals surface area contributed by atoms with Crippen LogP contribution in [0.15, 0.2) is 24.3 Å². The summed E-state index contributed by atoms with van der Waals surface area (Å²) in [5.74, 6) is 2.38. The Hall–Kier alpha value is -2.66. The van der Waals surface area contributed by atoms with Crippen molar-refractivity contribution in [1.29, 1.82) is 0 Å². The summed E-state index contributed by atoms with van der Waals surface area (Å²) in [7, 11) is 0. The molecular formula is C30H47N3O4S. The lowest BCUT2D eigenvalue weighted by molar-refractivity contribution is -0.145. The predicted octanol–water partition coefficient (Wildman–Crippen LogP) is 5.49. The second-order valence-electron chi connectivity index (χ2n) is 11.3. The average molecular weight is 546 g/mol. The van der Waals surface area contributed by atoms with Gasteiger partial charge in [-0.25, -0.2) is 4.79 Å². The van der Waals surface area contributed by atoms with Crippen molar-refractivity contribution in [3.05, 3.63) is 35.4 Å². The van der Waals surface area contributed by atoms with Crippen LogP contribution in [0, 0.1) is 18.3 Å². The molecule has 3 amide bonds. The third kappa shape index (κ3) is 10.6. The zero-order valence-corrected chi connectivity index (χ0v) is 25.2. The van der Waals surface area contributed by atoms with E-state index in [4.69, 9.17) is 11.2 Å². The van der Waals surface area contributed by atoms with Crippen LogP contribution in [0.4, 0.5) is 4.79 Å². The van der Waals surface area contributed by atoms with E-state index in [0.29, 0.717) is 23.5 Å². The van der Waals surface area contributed by atoms with E-state index in [0.717, 1.165) is 19.3 Å². The van der Waals surface area contributed by atoms with Crippen molar-refractivity contribution in [3.63, 3.8) is 0 Å². The van der Waals surface area contributed by atoms with Crippen molar-refractivity contribution in [2.75, 3.05) is 5.75 Å². The van der Waals surface area contributed by atoms with E-state index in [-0.39, 0.29) is 23.7 Å². The number of rotatable bonds is 13. The Morgan fingerprint density at radius 3 is 2.21 bits per heavy atom. The Kier molecular flexibility index (Phi) is 13.8. The van der Waals surface area contributed by atoms with Crippen molar-refractivity contribution in [3.8, 4) is 12.3 Å². The van der Waals surface area contributed by atoms with Gasteiger partial charge in [0.2, 0.25) is 11.8 Å². The molecule has 0 saturated heterocycles. The quantitative estimate of drug-likeness (QED) is 0.226. The van der Waals surface area contributed by atoms with Crippen LogP contribution < -0.4 is 10.6 Å². The number of nitrogens with zero attached hydrogens (tertiary/aromatic N) is 1. The number of carbonyl (C=O) groups excluding carboxylic acids is 3. The van der Waals surface area contributed by atoms with Crippen LogP contribution in [0.25, 0.3) is 0 Å². The maximum atomic E-state index is 14.2. The number of terminal acetylenes is 1. The number of alkyl carbamates (subject to hydrolysis) is 1. The lowest BCUT2D eigenvalue weighted by Crippen LogP contribution is -2.56. The van der Waals surface area contributed by atoms with Gasteiger partial charge in [0.15, 0.2) is 0 Å². The first-order valence-electron chi connectivity index (χ1n) is 13.5. The molecular weight excluding hydrogens is 498 g/mol. The Morgan fingerprint density at radius 1 is 1.05 bits per heavy atom. The summed E-state index contributed by atoms with van der Waals surface area (Å²) in [6.45, 7) is 15.4. The molecule has 212 valence electrons. The molecule has 0 radical (unpaired) electrons. The molecule has 0 aliphatic heterocycles. The first-order valence-corrected chi connectivity index (χ1v) is 14.2. The van der Waals surface area contributed by atoms with Crippen molar-refractivity contribution in [2.24, 2.45) is 5.92 Å². The minimum absolute atomic E-state index is 0.0306. The van der Waals surface area contributed by atoms with Crippen molar-refractivity contribution in [2.45, 2.75) is 111 Å². The SMILES string of the molecule is C#Cc1ccccc1C(C(=O)NC(C)CCC)N(C(=O)C(CS)NC(=O)OC(C)(C)C)C(C)CCC(C)C. The number of benzene rings is 1. The number of amides is 3. The number of hydrogen-bond acceptors (Lipinski definition) is 5. The Balaban J connectivity index is 3.63. The van der Waals surface area contributed by atoms with Gasteiger partial charge in [-0.1, -0.05) is 51.3 Å². The van der Waals surface area contributed by atoms with E-state index in [1.807, 2.05) is 26.0 Å². The smallest absolute Gasteiger partial charge is 0.408 e. The second-order valence-corrected chi connectivity index (χ2v) is 11.6. The van der Waals surface area contributed by atoms with Gasteiger partial charge in [0.1, 0.15) is 17.7 Å². The number of hydrogen-bond donors (Lipinski definition) is 3. The molecule has 1 aromatic carbocycles. The van der Waals surface area contributed by atoms with Crippen LogP contribution in [-0.2, 0) is 14.3 Å². The predicted molar refractivity (Wildman–Crippen MR) is 157 cm³/mol. The van der Waals surface area contributed by atoms with Crippen LogP contribution >= 0.6 is 12.6 Å². The summed E-state index contributed by atoms with van der Waals surface area (Å²) in [4.78, 5) is 42.2. The fraction of sp³-hybridized carbons (Fsp3) is 0.633. The molecule has 7 nitrogen and oxygen atoms in total. The fourth-order valence-electron chi connectivity index (χ4n) is 4.24. The summed E-state index contributed by atoms with van der Waals surface area (Å²) >= 11 is 4.37. The zero-order valence-electron chi connectivity index (χ0n) is 24.3. The molecule has 1 aromatic rings. The molecule has 0 heterocycles. The molecule has 2 N–H and O–H groups in total. The lowest BCUT2D eigenvalue weighted by atomic mass is 9.94. The highest BCUT2D eigenvalue weighted by atomic mass is 32.1. The second kappa shape index (κ2) is 15.7. The minimum atomic E-state index is -1.00. The van der Waals surface area contributed by atoms with E-state index >= 15 is 0 Å². The zero-order chi connectivity index (χ0) is 29.0. The van der Waals surface area contributed by atoms with E-state index in [1.165, 1.54) is 0 Å². The number of ether oxygens (including phenoxy) is 1. The first-order chi connectivity index (χ1) is 17.7. The maximum absolute atomic E-state index is 14.2. The van der Waals surface area contributed by atoms with Gasteiger partial charge in [-0.05, 0) is 71.4 Å². The topological polar surface area (TPSA) is 87.7 Å². The van der Waals surface area contributed by atoms with Crippen LogP contribution in [0.2, 0.25) is 0 Å². The normalized spacial score (nSPS) is 14.6. The van der Waals surface area contributed by atoms with Gasteiger partial charge in [0, 0.05) is 23.4 Å². The van der Waals surface area contributed by atoms with Gasteiger partial charge in [-0.2, -0.15) is 12.6 Å². The summed E-state index contributed by atoms with van der Waals surface area (Å²) in [5.41, 5.74) is 0.366. The molecule has 0 spiro atoms. The van der Waals surface area contributed by atoms with Crippen LogP contribution in [0.3, 0.4) is 0 Å². The number of thiol groups is 1. The van der Waals surface area contributed by atoms with Crippen molar-refractivity contribution >= 4 is 30.5 Å². The standard InChI is InChI=1S/C30H47N3O4S/c1-10-14-21(5)31-27(34)26(24-16-13-12-15-23(24)11-2)33(22(6)18-17-20(3)4)28(35)25(19-38)32-29(36)37-30(7,8)9/h2,12-13,15-16,20-22,25-26,38H,10,14,17-19H2,1,3-9H3,(H,31,34)(H,32,36). The Bertz CT molecular complexity index is 967. The van der Waals surface area contributed by atoms with Gasteiger partial charge in [0.05, 0.1) is 0 Å². The third-order valence-electron chi connectivity index (χ3n) is 6.11. The van der Waals surface area contributed by atoms with Gasteiger partial charge >= 0.3 is 6.09 Å². The first kappa shape index (κ1) is 33.4. The summed E-state index contributed by atoms with van der Waals surface area (Å²) < 4.78 is 5.39. The highest BCUT2D eigenvalue weighted by Crippen LogP contribution is 2.30. The molecule has 0 aromatic heterocycles. The van der Waals surface area contributed by atoms with E-state index < -0.39 is 29.7 Å². The van der Waals surface area contributed by atoms with Crippen molar-refractivity contribution < 1.29 is 19.1 Å². The Labute approximate surface area is 235 Å². The van der Waals surface area contributed by atoms with Gasteiger partial charge in [0.25, 0.3) is 0 Å². The molecule has 0 aliphatic carbocycles. The van der Waals surface area contributed by atoms with Gasteiger partial charge in [-0.3, -0.25) is 9.59 Å². The molecule has 0 aliphatic rings. The van der Waals surface area contributed by atoms with E-state index in [9.17, 15) is 14.4 Å². The average Bonchev–Trinajstić information content (AvgIpc) is 2.82. The Morgan fingerprint density at radius 2 is 1.68 bits per heavy atom. The van der Waals surface area contributed by atoms with Gasteiger partial charge < -0.3 is 20.3 Å². The van der Waals surface area contributed by atoms with E-state index in [2.05, 4.69) is 50.0 Å². The highest BCUT2D eigenvalue weighted by molar-refractivity contribution is 7.80. The fourth-order valence-corrected chi connectivity index (χ4v) is 4.49. The van der Waals surface area contributed by atoms with Gasteiger partial charge in [-0.15, -0.1) is 6.42 Å². The summed E-state index contributed by atoms with van der Waals surface area (Å²) in [6.07, 6.45) is 8.33. The molecule has 8 heteroatoms. The largest absolute Gasteiger partial charge is 0.444 e. The van der Waals surface area contributed by atoms with E-state index in [1.54, 1.807) is 37.8 Å². The monoisotopic (exact) mass is 545 g/mol. The molecule has 0 saturated carbocycles. The molecule has 1 rings (SSSR count). The molecule has 4 unspecified atom stereocenters. The molecule has 0 bridgehead atoms. The molecule has 4 atom stereocenters. The number of carbonyl (C=O) groups is 3. The summed E-state index contributed by atoms with van der Waals surface area (Å²) in [6, 6.07) is 4.77. The summed E-state index contributed by atoms with van der Waals surface area (Å²) in [5, 5.41) is 5.74. The number of nitrogens with one attached hydrogen (secondary N) is 2. The van der Waals surface area contributed by atoms with Crippen molar-refractivity contribution in [1.82, 2.24) is 15.5 Å². The van der Waals surface area contributed by atoms with Crippen LogP contribution in [0.1, 0.15) is 98.2 Å². The lowest BCUT2D eigenvalue weighted by Gasteiger charge is -2.39. The minimum Gasteiger partial charge on any atom is -0.444 e. The highest BCUT2D eigenvalue weighted by Gasteiger charge is 2.39. The molecule has 0 fully saturated rings. The molecule has 38 heavy (non-hydrogen) atoms. The van der Waals surface area contributed by atoms with Crippen LogP contribution in [-0.4, -0.2) is 52.3 Å².